The van der Waals surface area contributed by atoms with Gasteiger partial charge in [-0.25, -0.2) is 15.4 Å². The van der Waals surface area contributed by atoms with Crippen LogP contribution < -0.4 is 11.3 Å². The minimum absolute atomic E-state index is 0.158. The van der Waals surface area contributed by atoms with Gasteiger partial charge in [-0.05, 0) is 24.1 Å². The fourth-order valence-electron chi connectivity index (χ4n) is 1.63. The highest BCUT2D eigenvalue weighted by Crippen LogP contribution is 2.24. The lowest BCUT2D eigenvalue weighted by atomic mass is 10.0. The predicted octanol–water partition coefficient (Wildman–Crippen LogP) is 1.99. The Morgan fingerprint density at radius 3 is 2.53 bits per heavy atom. The van der Waals surface area contributed by atoms with Crippen molar-refractivity contribution < 1.29 is 0 Å². The van der Waals surface area contributed by atoms with Crippen LogP contribution in [0, 0.1) is 6.92 Å². The van der Waals surface area contributed by atoms with Crippen molar-refractivity contribution in [2.24, 2.45) is 5.84 Å². The highest BCUT2D eigenvalue weighted by atomic mass is 35.5. The Morgan fingerprint density at radius 2 is 1.94 bits per heavy atom. The lowest BCUT2D eigenvalue weighted by Crippen LogP contribution is -2.29. The van der Waals surface area contributed by atoms with E-state index in [-0.39, 0.29) is 6.04 Å². The van der Waals surface area contributed by atoms with Crippen molar-refractivity contribution in [3.63, 3.8) is 0 Å². The maximum absolute atomic E-state index is 6.10. The molecule has 0 spiro atoms. The zero-order valence-corrected chi connectivity index (χ0v) is 10.1. The molecule has 0 fully saturated rings. The zero-order chi connectivity index (χ0) is 12.3. The summed E-state index contributed by atoms with van der Waals surface area (Å²) in [6.07, 6.45) is 4.94. The van der Waals surface area contributed by atoms with E-state index in [1.54, 1.807) is 12.4 Å². The van der Waals surface area contributed by atoms with Crippen LogP contribution in [0.4, 0.5) is 0 Å². The second-order valence-electron chi connectivity index (χ2n) is 3.78. The molecule has 0 radical (unpaired) electrons. The Labute approximate surface area is 105 Å². The van der Waals surface area contributed by atoms with E-state index in [2.05, 4.69) is 15.4 Å². The molecule has 3 N–H and O–H groups in total. The molecule has 1 heterocycles. The number of nitrogens with two attached hydrogens (primary N) is 1. The van der Waals surface area contributed by atoms with Gasteiger partial charge < -0.3 is 0 Å². The molecule has 1 atom stereocenters. The molecule has 17 heavy (non-hydrogen) atoms. The molecule has 5 heteroatoms. The average Bonchev–Trinajstić information content (AvgIpc) is 2.36. The Balaban J connectivity index is 2.39. The van der Waals surface area contributed by atoms with Crippen LogP contribution >= 0.6 is 11.6 Å². The van der Waals surface area contributed by atoms with Gasteiger partial charge in [0.1, 0.15) is 6.33 Å². The van der Waals surface area contributed by atoms with Crippen molar-refractivity contribution in [3.05, 3.63) is 58.6 Å². The molecule has 1 unspecified atom stereocenters. The summed E-state index contributed by atoms with van der Waals surface area (Å²) in [4.78, 5) is 7.96. The van der Waals surface area contributed by atoms with E-state index < -0.39 is 0 Å². The van der Waals surface area contributed by atoms with Crippen molar-refractivity contribution in [2.75, 3.05) is 0 Å². The third-order valence-electron chi connectivity index (χ3n) is 2.61. The van der Waals surface area contributed by atoms with E-state index in [0.717, 1.165) is 21.7 Å². The molecular formula is C12H13ClN4. The van der Waals surface area contributed by atoms with Crippen LogP contribution in [0.25, 0.3) is 0 Å². The number of nitrogens with zero attached hydrogens (tertiary/aromatic N) is 2. The number of halogens is 1. The van der Waals surface area contributed by atoms with Gasteiger partial charge in [0, 0.05) is 23.0 Å². The Kier molecular flexibility index (Phi) is 3.68. The standard InChI is InChI=1S/C12H13ClN4/c1-8-2-3-9(4-11(8)13)12(17-14)10-5-15-7-16-6-10/h2-7,12,17H,14H2,1H3. The summed E-state index contributed by atoms with van der Waals surface area (Å²) in [5, 5.41) is 0.722. The number of aromatic nitrogens is 2. The monoisotopic (exact) mass is 248 g/mol. The van der Waals surface area contributed by atoms with Crippen molar-refractivity contribution in [3.8, 4) is 0 Å². The average molecular weight is 249 g/mol. The highest BCUT2D eigenvalue weighted by molar-refractivity contribution is 6.31. The maximum Gasteiger partial charge on any atom is 0.115 e. The SMILES string of the molecule is Cc1ccc(C(NN)c2cncnc2)cc1Cl. The number of benzene rings is 1. The quantitative estimate of drug-likeness (QED) is 0.644. The van der Waals surface area contributed by atoms with Gasteiger partial charge in [0.15, 0.2) is 0 Å². The summed E-state index contributed by atoms with van der Waals surface area (Å²) in [6.45, 7) is 1.96. The third-order valence-corrected chi connectivity index (χ3v) is 3.02. The fraction of sp³-hybridized carbons (Fsp3) is 0.167. The first-order valence-corrected chi connectivity index (χ1v) is 5.57. The molecule has 2 aromatic rings. The number of hydrazine groups is 1. The summed E-state index contributed by atoms with van der Waals surface area (Å²) in [5.74, 6) is 5.58. The summed E-state index contributed by atoms with van der Waals surface area (Å²) >= 11 is 6.10. The zero-order valence-electron chi connectivity index (χ0n) is 9.39. The summed E-state index contributed by atoms with van der Waals surface area (Å²) in [5.41, 5.74) is 5.66. The van der Waals surface area contributed by atoms with Gasteiger partial charge >= 0.3 is 0 Å². The molecule has 1 aromatic carbocycles. The van der Waals surface area contributed by atoms with Crippen LogP contribution in [0.2, 0.25) is 5.02 Å². The number of nitrogens with one attached hydrogen (secondary N) is 1. The van der Waals surface area contributed by atoms with Crippen LogP contribution in [-0.2, 0) is 0 Å². The molecular weight excluding hydrogens is 236 g/mol. The lowest BCUT2D eigenvalue weighted by molar-refractivity contribution is 0.631. The topological polar surface area (TPSA) is 63.8 Å². The smallest absolute Gasteiger partial charge is 0.115 e. The molecule has 2 rings (SSSR count). The van der Waals surface area contributed by atoms with Crippen LogP contribution in [0.15, 0.2) is 36.9 Å². The molecule has 0 saturated heterocycles. The van der Waals surface area contributed by atoms with Gasteiger partial charge in [-0.2, -0.15) is 0 Å². The minimum atomic E-state index is -0.158. The van der Waals surface area contributed by atoms with E-state index in [1.807, 2.05) is 25.1 Å². The van der Waals surface area contributed by atoms with Gasteiger partial charge in [0.05, 0.1) is 6.04 Å². The van der Waals surface area contributed by atoms with Crippen molar-refractivity contribution in [1.82, 2.24) is 15.4 Å². The summed E-state index contributed by atoms with van der Waals surface area (Å²) in [6, 6.07) is 5.69. The van der Waals surface area contributed by atoms with Crippen LogP contribution in [0.3, 0.4) is 0 Å². The molecule has 88 valence electrons. The van der Waals surface area contributed by atoms with Crippen molar-refractivity contribution in [2.45, 2.75) is 13.0 Å². The largest absolute Gasteiger partial charge is 0.271 e. The Hall–Kier alpha value is -1.49. The molecule has 0 aliphatic heterocycles. The first-order valence-electron chi connectivity index (χ1n) is 5.19. The van der Waals surface area contributed by atoms with Crippen LogP contribution in [-0.4, -0.2) is 9.97 Å². The molecule has 0 aliphatic carbocycles. The highest BCUT2D eigenvalue weighted by Gasteiger charge is 2.13. The molecule has 0 bridgehead atoms. The fourth-order valence-corrected chi connectivity index (χ4v) is 1.82. The van der Waals surface area contributed by atoms with Gasteiger partial charge in [0.25, 0.3) is 0 Å². The summed E-state index contributed by atoms with van der Waals surface area (Å²) < 4.78 is 0. The number of rotatable bonds is 3. The summed E-state index contributed by atoms with van der Waals surface area (Å²) in [7, 11) is 0. The number of aryl methyl sites for hydroxylation is 1. The van der Waals surface area contributed by atoms with E-state index >= 15 is 0 Å². The van der Waals surface area contributed by atoms with E-state index in [1.165, 1.54) is 6.33 Å². The number of hydrogen-bond acceptors (Lipinski definition) is 4. The lowest BCUT2D eigenvalue weighted by Gasteiger charge is -2.16. The minimum Gasteiger partial charge on any atom is -0.271 e. The van der Waals surface area contributed by atoms with E-state index in [9.17, 15) is 0 Å². The van der Waals surface area contributed by atoms with Gasteiger partial charge in [0.2, 0.25) is 0 Å². The van der Waals surface area contributed by atoms with Crippen molar-refractivity contribution >= 4 is 11.6 Å². The van der Waals surface area contributed by atoms with E-state index in [4.69, 9.17) is 17.4 Å². The molecule has 0 amide bonds. The molecule has 0 saturated carbocycles. The van der Waals surface area contributed by atoms with Gasteiger partial charge in [-0.1, -0.05) is 23.7 Å². The molecule has 4 nitrogen and oxygen atoms in total. The Bertz CT molecular complexity index is 501. The first-order chi connectivity index (χ1) is 8.22. The van der Waals surface area contributed by atoms with Gasteiger partial charge in [-0.3, -0.25) is 5.84 Å². The third kappa shape index (κ3) is 2.61. The maximum atomic E-state index is 6.10. The Morgan fingerprint density at radius 1 is 1.24 bits per heavy atom. The van der Waals surface area contributed by atoms with Crippen molar-refractivity contribution in [1.29, 1.82) is 0 Å². The van der Waals surface area contributed by atoms with Crippen LogP contribution in [0.5, 0.6) is 0 Å². The predicted molar refractivity (Wildman–Crippen MR) is 67.4 cm³/mol. The van der Waals surface area contributed by atoms with Crippen LogP contribution in [0.1, 0.15) is 22.7 Å². The second kappa shape index (κ2) is 5.23. The molecule has 0 aliphatic rings. The number of hydrogen-bond donors (Lipinski definition) is 2. The normalized spacial score (nSPS) is 12.4. The first kappa shape index (κ1) is 12.0. The molecule has 1 aromatic heterocycles. The second-order valence-corrected chi connectivity index (χ2v) is 4.19. The van der Waals surface area contributed by atoms with Gasteiger partial charge in [-0.15, -0.1) is 0 Å². The van der Waals surface area contributed by atoms with E-state index in [0.29, 0.717) is 0 Å².